The summed E-state index contributed by atoms with van der Waals surface area (Å²) < 4.78 is 15.0. The lowest BCUT2D eigenvalue weighted by molar-refractivity contribution is -0.924. The number of piperidine rings is 1. The zero-order valence-electron chi connectivity index (χ0n) is 16.4. The fraction of sp³-hybridized carbons (Fsp3) is 0.304. The van der Waals surface area contributed by atoms with E-state index in [4.69, 9.17) is 0 Å². The lowest BCUT2D eigenvalue weighted by atomic mass is 9.83. The van der Waals surface area contributed by atoms with Gasteiger partial charge in [0.1, 0.15) is 18.0 Å². The Hall–Kier alpha value is -2.77. The first-order chi connectivity index (χ1) is 14.6. The van der Waals surface area contributed by atoms with E-state index < -0.39 is 0 Å². The van der Waals surface area contributed by atoms with Gasteiger partial charge in [-0.3, -0.25) is 9.59 Å². The standard InChI is InChI=1S/C23H22FN3O2S/c24-18-5-3-15(4-6-18)11-26-12-16-10-17(14-26)20-8-7-19(23(29)27(20)13-16)25-22(28)21-2-1-9-30-21/h1-9,16-17H,10-14H2,(H,25,28)/p+1/t16-,17+/m0/s1. The number of quaternary nitrogens is 1. The van der Waals surface area contributed by atoms with E-state index in [1.165, 1.54) is 28.4 Å². The molecule has 3 aromatic rings. The molecule has 5 nitrogen and oxygen atoms in total. The number of likely N-dealkylation sites (tertiary alicyclic amines) is 1. The van der Waals surface area contributed by atoms with E-state index in [1.807, 2.05) is 34.2 Å². The summed E-state index contributed by atoms with van der Waals surface area (Å²) in [5.74, 6) is 0.295. The SMILES string of the molecule is O=C(Nc1ccc2n(c1=O)C[C@H]1C[C@@H]2C[NH+](Cc2ccc(F)cc2)C1)c1cccs1. The van der Waals surface area contributed by atoms with Crippen molar-refractivity contribution >= 4 is 22.9 Å². The van der Waals surface area contributed by atoms with Crippen molar-refractivity contribution in [3.8, 4) is 0 Å². The Labute approximate surface area is 177 Å². The minimum Gasteiger partial charge on any atom is -0.330 e. The number of nitrogens with zero attached hydrogens (tertiary/aromatic N) is 1. The molecule has 30 heavy (non-hydrogen) atoms. The number of carbonyl (C=O) groups excluding carboxylic acids is 1. The Kier molecular flexibility index (Phi) is 5.00. The second kappa shape index (κ2) is 7.81. The van der Waals surface area contributed by atoms with Gasteiger partial charge in [0.25, 0.3) is 11.5 Å². The van der Waals surface area contributed by atoms with Crippen LogP contribution < -0.4 is 15.8 Å². The van der Waals surface area contributed by atoms with E-state index in [1.54, 1.807) is 12.1 Å². The average molecular weight is 425 g/mol. The van der Waals surface area contributed by atoms with Gasteiger partial charge in [-0.1, -0.05) is 18.2 Å². The van der Waals surface area contributed by atoms with Gasteiger partial charge in [0.2, 0.25) is 0 Å². The molecule has 0 spiro atoms. The number of nitrogens with one attached hydrogen (secondary N) is 2. The van der Waals surface area contributed by atoms with Crippen LogP contribution in [0.3, 0.4) is 0 Å². The summed E-state index contributed by atoms with van der Waals surface area (Å²) in [6.07, 6.45) is 1.09. The summed E-state index contributed by atoms with van der Waals surface area (Å²) >= 11 is 1.36. The Bertz CT molecular complexity index is 1120. The maximum Gasteiger partial charge on any atom is 0.274 e. The molecule has 2 bridgehead atoms. The molecule has 2 aliphatic rings. The summed E-state index contributed by atoms with van der Waals surface area (Å²) in [7, 11) is 0. The summed E-state index contributed by atoms with van der Waals surface area (Å²) in [5.41, 5.74) is 2.42. The molecule has 1 saturated heterocycles. The highest BCUT2D eigenvalue weighted by atomic mass is 32.1. The fourth-order valence-corrected chi connectivity index (χ4v) is 5.51. The lowest BCUT2D eigenvalue weighted by Crippen LogP contribution is -3.13. The molecule has 1 amide bonds. The number of hydrogen-bond donors (Lipinski definition) is 2. The number of rotatable bonds is 4. The van der Waals surface area contributed by atoms with Gasteiger partial charge in [-0.05, 0) is 42.1 Å². The molecular weight excluding hydrogens is 401 g/mol. The van der Waals surface area contributed by atoms with Crippen molar-refractivity contribution in [1.29, 1.82) is 0 Å². The van der Waals surface area contributed by atoms with Gasteiger partial charge in [-0.15, -0.1) is 11.3 Å². The topological polar surface area (TPSA) is 55.5 Å². The van der Waals surface area contributed by atoms with Crippen LogP contribution in [0.2, 0.25) is 0 Å². The van der Waals surface area contributed by atoms with E-state index in [-0.39, 0.29) is 17.3 Å². The van der Waals surface area contributed by atoms with Crippen molar-refractivity contribution in [3.63, 3.8) is 0 Å². The fourth-order valence-electron chi connectivity index (χ4n) is 4.89. The monoisotopic (exact) mass is 424 g/mol. The van der Waals surface area contributed by atoms with Crippen molar-refractivity contribution in [2.45, 2.75) is 25.4 Å². The minimum absolute atomic E-state index is 0.117. The number of hydrogen-bond acceptors (Lipinski definition) is 3. The van der Waals surface area contributed by atoms with E-state index in [0.717, 1.165) is 37.3 Å². The molecule has 0 aliphatic carbocycles. The number of halogens is 1. The summed E-state index contributed by atoms with van der Waals surface area (Å²) in [4.78, 5) is 27.5. The van der Waals surface area contributed by atoms with Crippen molar-refractivity contribution in [2.75, 3.05) is 18.4 Å². The molecule has 1 unspecified atom stereocenters. The number of carbonyl (C=O) groups is 1. The Morgan fingerprint density at radius 1 is 1.17 bits per heavy atom. The van der Waals surface area contributed by atoms with Crippen molar-refractivity contribution < 1.29 is 14.1 Å². The van der Waals surface area contributed by atoms with E-state index >= 15 is 0 Å². The van der Waals surface area contributed by atoms with Gasteiger partial charge < -0.3 is 14.8 Å². The zero-order valence-corrected chi connectivity index (χ0v) is 17.3. The third-order valence-electron chi connectivity index (χ3n) is 6.16. The number of aromatic nitrogens is 1. The van der Waals surface area contributed by atoms with Crippen LogP contribution >= 0.6 is 11.3 Å². The van der Waals surface area contributed by atoms with Crippen molar-refractivity contribution in [1.82, 2.24) is 4.57 Å². The highest BCUT2D eigenvalue weighted by Gasteiger charge is 2.37. The molecule has 0 radical (unpaired) electrons. The zero-order chi connectivity index (χ0) is 20.7. The maximum atomic E-state index is 13.2. The van der Waals surface area contributed by atoms with Crippen molar-refractivity contribution in [3.05, 3.63) is 86.2 Å². The molecule has 1 fully saturated rings. The molecule has 5 rings (SSSR count). The van der Waals surface area contributed by atoms with Crippen LogP contribution in [0.5, 0.6) is 0 Å². The predicted octanol–water partition coefficient (Wildman–Crippen LogP) is 2.50. The molecule has 0 saturated carbocycles. The quantitative estimate of drug-likeness (QED) is 0.676. The number of amides is 1. The highest BCUT2D eigenvalue weighted by molar-refractivity contribution is 7.12. The van der Waals surface area contributed by atoms with E-state index in [2.05, 4.69) is 5.32 Å². The molecular formula is C23H23FN3O2S+. The molecule has 2 N–H and O–H groups in total. The second-order valence-electron chi connectivity index (χ2n) is 8.28. The molecule has 1 aromatic carbocycles. The second-order valence-corrected chi connectivity index (χ2v) is 9.23. The number of fused-ring (bicyclic) bond motifs is 4. The van der Waals surface area contributed by atoms with Gasteiger partial charge >= 0.3 is 0 Å². The van der Waals surface area contributed by atoms with E-state index in [9.17, 15) is 14.0 Å². The van der Waals surface area contributed by atoms with Crippen LogP contribution in [0.4, 0.5) is 10.1 Å². The number of thiophene rings is 1. The van der Waals surface area contributed by atoms with Crippen LogP contribution in [0.1, 0.15) is 33.3 Å². The Morgan fingerprint density at radius 3 is 2.77 bits per heavy atom. The van der Waals surface area contributed by atoms with Crippen LogP contribution in [0.15, 0.2) is 58.7 Å². The molecule has 4 heterocycles. The Morgan fingerprint density at radius 2 is 2.00 bits per heavy atom. The first-order valence-corrected chi connectivity index (χ1v) is 11.1. The van der Waals surface area contributed by atoms with Crippen LogP contribution in [0.25, 0.3) is 0 Å². The van der Waals surface area contributed by atoms with Gasteiger partial charge in [-0.25, -0.2) is 4.39 Å². The maximum absolute atomic E-state index is 13.2. The molecule has 7 heteroatoms. The molecule has 154 valence electrons. The van der Waals surface area contributed by atoms with Gasteiger partial charge in [-0.2, -0.15) is 0 Å². The van der Waals surface area contributed by atoms with Crippen molar-refractivity contribution in [2.24, 2.45) is 5.92 Å². The third kappa shape index (κ3) is 3.70. The summed E-state index contributed by atoms with van der Waals surface area (Å²) in [6, 6.07) is 14.0. The predicted molar refractivity (Wildman–Crippen MR) is 115 cm³/mol. The number of pyridine rings is 1. The first-order valence-electron chi connectivity index (χ1n) is 10.2. The van der Waals surface area contributed by atoms with E-state index in [0.29, 0.717) is 28.9 Å². The first kappa shape index (κ1) is 19.2. The van der Waals surface area contributed by atoms with Crippen LogP contribution in [-0.4, -0.2) is 23.6 Å². The Balaban J connectivity index is 1.35. The lowest BCUT2D eigenvalue weighted by Gasteiger charge is -2.40. The average Bonchev–Trinajstić information content (AvgIpc) is 3.27. The normalized spacial score (nSPS) is 22.4. The third-order valence-corrected chi connectivity index (χ3v) is 7.03. The van der Waals surface area contributed by atoms with Gasteiger partial charge in [0.05, 0.1) is 18.0 Å². The van der Waals surface area contributed by atoms with Gasteiger partial charge in [0.15, 0.2) is 0 Å². The molecule has 2 aromatic heterocycles. The largest absolute Gasteiger partial charge is 0.330 e. The number of benzene rings is 1. The molecule has 3 atom stereocenters. The summed E-state index contributed by atoms with van der Waals surface area (Å²) in [5, 5.41) is 4.62. The van der Waals surface area contributed by atoms with Crippen LogP contribution in [0, 0.1) is 11.7 Å². The van der Waals surface area contributed by atoms with Crippen LogP contribution in [-0.2, 0) is 13.1 Å². The smallest absolute Gasteiger partial charge is 0.274 e. The minimum atomic E-state index is -0.242. The number of anilines is 1. The molecule has 2 aliphatic heterocycles. The highest BCUT2D eigenvalue weighted by Crippen LogP contribution is 2.31. The van der Waals surface area contributed by atoms with Gasteiger partial charge in [0, 0.05) is 29.6 Å². The summed E-state index contributed by atoms with van der Waals surface area (Å²) in [6.45, 7) is 3.49.